The van der Waals surface area contributed by atoms with E-state index in [1.807, 2.05) is 31.2 Å². The van der Waals surface area contributed by atoms with E-state index in [2.05, 4.69) is 21.1 Å². The van der Waals surface area contributed by atoms with Crippen LogP contribution in [0.15, 0.2) is 33.9 Å². The number of halogens is 1. The molecule has 1 aliphatic rings. The second kappa shape index (κ2) is 3.50. The molecule has 1 atom stereocenters. The Hall–Kier alpha value is -0.830. The van der Waals surface area contributed by atoms with Crippen LogP contribution in [0.25, 0.3) is 0 Å². The van der Waals surface area contributed by atoms with Crippen molar-refractivity contribution in [2.24, 2.45) is 5.16 Å². The smallest absolute Gasteiger partial charge is 0.130 e. The molecule has 1 heterocycles. The Bertz CT molecular complexity index is 331. The number of rotatable bonds is 1. The van der Waals surface area contributed by atoms with Crippen molar-refractivity contribution < 1.29 is 4.84 Å². The third kappa shape index (κ3) is 1.91. The minimum atomic E-state index is 0.221. The molecule has 13 heavy (non-hydrogen) atoms. The number of hydrogen-bond acceptors (Lipinski definition) is 2. The number of hydrogen-bond donors (Lipinski definition) is 0. The summed E-state index contributed by atoms with van der Waals surface area (Å²) in [7, 11) is 0. The zero-order valence-corrected chi connectivity index (χ0v) is 8.91. The fraction of sp³-hybridized carbons (Fsp3) is 0.300. The highest BCUT2D eigenvalue weighted by Gasteiger charge is 2.17. The Morgan fingerprint density at radius 3 is 2.62 bits per heavy atom. The Kier molecular flexibility index (Phi) is 2.36. The summed E-state index contributed by atoms with van der Waals surface area (Å²) in [6.07, 6.45) is 1.13. The molecule has 0 bridgehead atoms. The lowest BCUT2D eigenvalue weighted by atomic mass is 10.1. The van der Waals surface area contributed by atoms with E-state index in [9.17, 15) is 0 Å². The van der Waals surface area contributed by atoms with Gasteiger partial charge >= 0.3 is 0 Å². The molecule has 0 aromatic heterocycles. The van der Waals surface area contributed by atoms with Crippen molar-refractivity contribution in [3.63, 3.8) is 0 Å². The van der Waals surface area contributed by atoms with Crippen LogP contribution in [0.2, 0.25) is 0 Å². The number of oxime groups is 1. The molecule has 0 saturated heterocycles. The quantitative estimate of drug-likeness (QED) is 0.739. The van der Waals surface area contributed by atoms with Gasteiger partial charge in [0.05, 0.1) is 5.71 Å². The van der Waals surface area contributed by atoms with Crippen LogP contribution in [0.1, 0.15) is 18.9 Å². The van der Waals surface area contributed by atoms with E-state index in [0.29, 0.717) is 0 Å². The maximum absolute atomic E-state index is 5.13. The summed E-state index contributed by atoms with van der Waals surface area (Å²) < 4.78 is 1.09. The van der Waals surface area contributed by atoms with Gasteiger partial charge in [0.1, 0.15) is 6.10 Å². The van der Waals surface area contributed by atoms with Crippen molar-refractivity contribution in [2.75, 3.05) is 0 Å². The van der Waals surface area contributed by atoms with Crippen molar-refractivity contribution in [1.82, 2.24) is 0 Å². The van der Waals surface area contributed by atoms with Gasteiger partial charge < -0.3 is 4.84 Å². The van der Waals surface area contributed by atoms with E-state index in [-0.39, 0.29) is 6.10 Å². The lowest BCUT2D eigenvalue weighted by Gasteiger charge is -1.98. The topological polar surface area (TPSA) is 21.6 Å². The predicted octanol–water partition coefficient (Wildman–Crippen LogP) is 2.96. The Morgan fingerprint density at radius 2 is 2.08 bits per heavy atom. The Balaban J connectivity index is 2.22. The van der Waals surface area contributed by atoms with Crippen molar-refractivity contribution in [3.05, 3.63) is 34.3 Å². The van der Waals surface area contributed by atoms with E-state index in [1.54, 1.807) is 0 Å². The summed E-state index contributed by atoms with van der Waals surface area (Å²) in [6.45, 7) is 2.02. The predicted molar refractivity (Wildman–Crippen MR) is 55.8 cm³/mol. The van der Waals surface area contributed by atoms with Gasteiger partial charge in [0, 0.05) is 10.9 Å². The van der Waals surface area contributed by atoms with E-state index >= 15 is 0 Å². The van der Waals surface area contributed by atoms with Gasteiger partial charge in [-0.25, -0.2) is 0 Å². The molecular weight excluding hydrogens is 230 g/mol. The SMILES string of the molecule is C[C@@H]1CC(c2ccc(Br)cc2)=NO1. The summed E-state index contributed by atoms with van der Waals surface area (Å²) in [4.78, 5) is 5.13. The maximum atomic E-state index is 5.13. The summed E-state index contributed by atoms with van der Waals surface area (Å²) in [6, 6.07) is 8.12. The minimum absolute atomic E-state index is 0.221. The first kappa shape index (κ1) is 8.75. The second-order valence-electron chi connectivity index (χ2n) is 3.17. The molecule has 0 aliphatic carbocycles. The molecular formula is C10H10BrNO. The number of nitrogens with zero attached hydrogens (tertiary/aromatic N) is 1. The van der Waals surface area contributed by atoms with Crippen LogP contribution < -0.4 is 0 Å². The Morgan fingerprint density at radius 1 is 1.38 bits per heavy atom. The fourth-order valence-corrected chi connectivity index (χ4v) is 1.58. The summed E-state index contributed by atoms with van der Waals surface area (Å²) in [5, 5.41) is 4.02. The molecule has 0 spiro atoms. The highest BCUT2D eigenvalue weighted by atomic mass is 79.9. The van der Waals surface area contributed by atoms with Crippen LogP contribution in [0, 0.1) is 0 Å². The first-order valence-electron chi connectivity index (χ1n) is 4.24. The van der Waals surface area contributed by atoms with Crippen LogP contribution >= 0.6 is 15.9 Å². The van der Waals surface area contributed by atoms with Crippen LogP contribution in [0.3, 0.4) is 0 Å². The maximum Gasteiger partial charge on any atom is 0.130 e. The van der Waals surface area contributed by atoms with Crippen molar-refractivity contribution >= 4 is 21.6 Å². The van der Waals surface area contributed by atoms with E-state index in [0.717, 1.165) is 22.2 Å². The zero-order chi connectivity index (χ0) is 9.26. The molecule has 3 heteroatoms. The average Bonchev–Trinajstić information content (AvgIpc) is 2.53. The van der Waals surface area contributed by atoms with E-state index < -0.39 is 0 Å². The first-order chi connectivity index (χ1) is 6.25. The van der Waals surface area contributed by atoms with Gasteiger partial charge in [-0.05, 0) is 24.6 Å². The van der Waals surface area contributed by atoms with Crippen molar-refractivity contribution in [2.45, 2.75) is 19.4 Å². The molecule has 0 saturated carbocycles. The molecule has 2 rings (SSSR count). The zero-order valence-electron chi connectivity index (χ0n) is 7.33. The van der Waals surface area contributed by atoms with Gasteiger partial charge in [-0.1, -0.05) is 33.2 Å². The molecule has 0 radical (unpaired) electrons. The van der Waals surface area contributed by atoms with Gasteiger partial charge in [-0.15, -0.1) is 0 Å². The molecule has 2 nitrogen and oxygen atoms in total. The van der Waals surface area contributed by atoms with Crippen molar-refractivity contribution in [3.8, 4) is 0 Å². The third-order valence-electron chi connectivity index (χ3n) is 2.00. The van der Waals surface area contributed by atoms with Crippen LogP contribution in [0.5, 0.6) is 0 Å². The monoisotopic (exact) mass is 239 g/mol. The highest BCUT2D eigenvalue weighted by Crippen LogP contribution is 2.18. The fourth-order valence-electron chi connectivity index (χ4n) is 1.31. The molecule has 0 unspecified atom stereocenters. The first-order valence-corrected chi connectivity index (χ1v) is 5.03. The molecule has 1 aliphatic heterocycles. The minimum Gasteiger partial charge on any atom is -0.392 e. The summed E-state index contributed by atoms with van der Waals surface area (Å²) in [5.74, 6) is 0. The largest absolute Gasteiger partial charge is 0.392 e. The molecule has 1 aromatic carbocycles. The normalized spacial score (nSPS) is 21.1. The van der Waals surface area contributed by atoms with Crippen LogP contribution in [-0.2, 0) is 4.84 Å². The highest BCUT2D eigenvalue weighted by molar-refractivity contribution is 9.10. The third-order valence-corrected chi connectivity index (χ3v) is 2.53. The molecule has 68 valence electrons. The van der Waals surface area contributed by atoms with E-state index in [1.165, 1.54) is 0 Å². The van der Waals surface area contributed by atoms with Gasteiger partial charge in [0.25, 0.3) is 0 Å². The van der Waals surface area contributed by atoms with Gasteiger partial charge in [-0.3, -0.25) is 0 Å². The lowest BCUT2D eigenvalue weighted by Crippen LogP contribution is -2.02. The summed E-state index contributed by atoms with van der Waals surface area (Å²) >= 11 is 3.39. The van der Waals surface area contributed by atoms with Gasteiger partial charge in [0.2, 0.25) is 0 Å². The molecule has 0 N–H and O–H groups in total. The average molecular weight is 240 g/mol. The molecule has 1 aromatic rings. The van der Waals surface area contributed by atoms with Crippen LogP contribution in [-0.4, -0.2) is 11.8 Å². The van der Waals surface area contributed by atoms with Gasteiger partial charge in [-0.2, -0.15) is 0 Å². The number of benzene rings is 1. The van der Waals surface area contributed by atoms with Gasteiger partial charge in [0.15, 0.2) is 0 Å². The lowest BCUT2D eigenvalue weighted by molar-refractivity contribution is 0.0995. The van der Waals surface area contributed by atoms with Crippen LogP contribution in [0.4, 0.5) is 0 Å². The van der Waals surface area contributed by atoms with E-state index in [4.69, 9.17) is 4.84 Å². The van der Waals surface area contributed by atoms with Crippen molar-refractivity contribution in [1.29, 1.82) is 0 Å². The Labute approximate surface area is 85.7 Å². The molecule has 0 amide bonds. The molecule has 0 fully saturated rings. The standard InChI is InChI=1S/C10H10BrNO/c1-7-6-10(12-13-7)8-2-4-9(11)5-3-8/h2-5,7H,6H2,1H3/t7-/m1/s1. The summed E-state index contributed by atoms with van der Waals surface area (Å²) in [5.41, 5.74) is 2.19. The second-order valence-corrected chi connectivity index (χ2v) is 4.08.